The molecule has 18 heavy (non-hydrogen) atoms. The molecule has 2 saturated carbocycles. The van der Waals surface area contributed by atoms with E-state index in [9.17, 15) is 0 Å². The van der Waals surface area contributed by atoms with Gasteiger partial charge in [-0.2, -0.15) is 0 Å². The fourth-order valence-electron chi connectivity index (χ4n) is 3.78. The molecule has 102 valence electrons. The third kappa shape index (κ3) is 2.43. The van der Waals surface area contributed by atoms with Gasteiger partial charge < -0.3 is 5.32 Å². The summed E-state index contributed by atoms with van der Waals surface area (Å²) in [5.41, 5.74) is 0.424. The molecule has 1 heterocycles. The fraction of sp³-hybridized carbons (Fsp3) is 0.933. The maximum atomic E-state index is 5.05. The van der Waals surface area contributed by atoms with Crippen LogP contribution in [-0.2, 0) is 0 Å². The number of rotatable bonds is 1. The highest BCUT2D eigenvalue weighted by molar-refractivity contribution is 8.14. The second kappa shape index (κ2) is 5.07. The predicted molar refractivity (Wildman–Crippen MR) is 80.2 cm³/mol. The largest absolute Gasteiger partial charge is 0.359 e. The molecule has 3 aliphatic rings. The monoisotopic (exact) mass is 266 g/mol. The van der Waals surface area contributed by atoms with Crippen LogP contribution in [0, 0.1) is 11.8 Å². The van der Waals surface area contributed by atoms with Crippen LogP contribution < -0.4 is 5.32 Å². The molecule has 0 bridgehead atoms. The highest BCUT2D eigenvalue weighted by Gasteiger charge is 2.40. The maximum absolute atomic E-state index is 5.05. The Labute approximate surface area is 115 Å². The average Bonchev–Trinajstić information content (AvgIpc) is 2.97. The Balaban J connectivity index is 1.66. The van der Waals surface area contributed by atoms with Crippen LogP contribution in [0.5, 0.6) is 0 Å². The molecule has 3 unspecified atom stereocenters. The van der Waals surface area contributed by atoms with Crippen molar-refractivity contribution in [2.45, 2.75) is 70.4 Å². The lowest BCUT2D eigenvalue weighted by Crippen LogP contribution is -2.41. The van der Waals surface area contributed by atoms with E-state index in [2.05, 4.69) is 19.2 Å². The summed E-state index contributed by atoms with van der Waals surface area (Å²) in [6.07, 6.45) is 9.57. The first kappa shape index (κ1) is 12.8. The van der Waals surface area contributed by atoms with Gasteiger partial charge in [0.05, 0.1) is 6.04 Å². The Morgan fingerprint density at radius 3 is 2.72 bits per heavy atom. The first-order chi connectivity index (χ1) is 8.69. The van der Waals surface area contributed by atoms with Crippen molar-refractivity contribution in [1.82, 2.24) is 5.32 Å². The summed E-state index contributed by atoms with van der Waals surface area (Å²) >= 11 is 1.97. The minimum Gasteiger partial charge on any atom is -0.359 e. The van der Waals surface area contributed by atoms with E-state index >= 15 is 0 Å². The van der Waals surface area contributed by atoms with Crippen LogP contribution in [0.1, 0.15) is 58.8 Å². The summed E-state index contributed by atoms with van der Waals surface area (Å²) in [5.74, 6) is 2.86. The summed E-state index contributed by atoms with van der Waals surface area (Å²) in [4.78, 5) is 5.05. The minimum atomic E-state index is 0.424. The van der Waals surface area contributed by atoms with Gasteiger partial charge >= 0.3 is 0 Å². The van der Waals surface area contributed by atoms with Crippen LogP contribution in [-0.4, -0.2) is 22.5 Å². The van der Waals surface area contributed by atoms with Crippen LogP contribution in [0.2, 0.25) is 0 Å². The van der Waals surface area contributed by atoms with Crippen LogP contribution in [0.15, 0.2) is 4.99 Å². The number of thioether (sulfide) groups is 1. The number of amidine groups is 1. The lowest BCUT2D eigenvalue weighted by molar-refractivity contribution is 0.241. The van der Waals surface area contributed by atoms with E-state index in [-0.39, 0.29) is 0 Å². The molecule has 3 atom stereocenters. The highest BCUT2D eigenvalue weighted by atomic mass is 32.2. The van der Waals surface area contributed by atoms with Gasteiger partial charge in [-0.05, 0) is 31.1 Å². The van der Waals surface area contributed by atoms with Crippen molar-refractivity contribution in [1.29, 1.82) is 0 Å². The quantitative estimate of drug-likeness (QED) is 0.780. The van der Waals surface area contributed by atoms with Crippen molar-refractivity contribution in [3.05, 3.63) is 0 Å². The van der Waals surface area contributed by atoms with Gasteiger partial charge in [0.15, 0.2) is 5.17 Å². The number of nitrogens with one attached hydrogen (secondary N) is 1. The van der Waals surface area contributed by atoms with E-state index < -0.39 is 0 Å². The summed E-state index contributed by atoms with van der Waals surface area (Å²) in [6, 6.07) is 0.570. The van der Waals surface area contributed by atoms with Gasteiger partial charge in [-0.25, -0.2) is 0 Å². The Kier molecular flexibility index (Phi) is 3.61. The van der Waals surface area contributed by atoms with Crippen LogP contribution >= 0.6 is 11.8 Å². The number of hydrogen-bond acceptors (Lipinski definition) is 2. The normalized spacial score (nSPS) is 41.4. The first-order valence-electron chi connectivity index (χ1n) is 7.67. The van der Waals surface area contributed by atoms with Crippen molar-refractivity contribution in [2.75, 3.05) is 5.75 Å². The van der Waals surface area contributed by atoms with Gasteiger partial charge in [-0.3, -0.25) is 4.99 Å². The van der Waals surface area contributed by atoms with Gasteiger partial charge in [-0.15, -0.1) is 0 Å². The first-order valence-corrected chi connectivity index (χ1v) is 8.66. The molecule has 1 saturated heterocycles. The third-order valence-electron chi connectivity index (χ3n) is 5.36. The number of hydrogen-bond donors (Lipinski definition) is 1. The summed E-state index contributed by atoms with van der Waals surface area (Å²) in [7, 11) is 0. The van der Waals surface area contributed by atoms with E-state index in [1.807, 2.05) is 11.8 Å². The van der Waals surface area contributed by atoms with Crippen LogP contribution in [0.25, 0.3) is 0 Å². The van der Waals surface area contributed by atoms with Gasteiger partial charge in [0.25, 0.3) is 0 Å². The van der Waals surface area contributed by atoms with E-state index in [0.29, 0.717) is 11.6 Å². The zero-order valence-corrected chi connectivity index (χ0v) is 12.6. The van der Waals surface area contributed by atoms with Crippen molar-refractivity contribution >= 4 is 16.9 Å². The summed E-state index contributed by atoms with van der Waals surface area (Å²) in [6.45, 7) is 4.79. The summed E-state index contributed by atoms with van der Waals surface area (Å²) < 4.78 is 0. The number of nitrogens with zero attached hydrogens (tertiary/aromatic N) is 1. The molecule has 1 spiro atoms. The zero-order chi connectivity index (χ0) is 12.6. The van der Waals surface area contributed by atoms with Gasteiger partial charge in [-0.1, -0.05) is 51.3 Å². The summed E-state index contributed by atoms with van der Waals surface area (Å²) in [5, 5.41) is 5.01. The number of aliphatic imine (C=N–C) groups is 1. The molecule has 0 aromatic carbocycles. The molecule has 1 aliphatic heterocycles. The molecule has 3 fully saturated rings. The molecule has 3 rings (SSSR count). The van der Waals surface area contributed by atoms with E-state index in [1.165, 1.54) is 55.9 Å². The minimum absolute atomic E-state index is 0.424. The lowest BCUT2D eigenvalue weighted by Gasteiger charge is -2.32. The molecular weight excluding hydrogens is 240 g/mol. The van der Waals surface area contributed by atoms with E-state index in [1.54, 1.807) is 0 Å². The Morgan fingerprint density at radius 2 is 1.94 bits per heavy atom. The second-order valence-corrected chi connectivity index (χ2v) is 7.63. The van der Waals surface area contributed by atoms with Crippen molar-refractivity contribution < 1.29 is 0 Å². The zero-order valence-electron chi connectivity index (χ0n) is 11.7. The van der Waals surface area contributed by atoms with Crippen molar-refractivity contribution in [3.63, 3.8) is 0 Å². The second-order valence-electron chi connectivity index (χ2n) is 6.67. The molecule has 0 aromatic heterocycles. The molecule has 3 heteroatoms. The SMILES string of the molecule is CC1CCCC(N=C2NC3(CCCC3)CS2)C1C. The van der Waals surface area contributed by atoms with Crippen LogP contribution in [0.3, 0.4) is 0 Å². The predicted octanol–water partition coefficient (Wildman–Crippen LogP) is 3.82. The Hall–Kier alpha value is -0.180. The molecule has 2 aliphatic carbocycles. The third-order valence-corrected chi connectivity index (χ3v) is 6.54. The highest BCUT2D eigenvalue weighted by Crippen LogP contribution is 2.38. The molecule has 0 amide bonds. The molecular formula is C15H26N2S. The molecule has 1 N–H and O–H groups in total. The van der Waals surface area contributed by atoms with E-state index in [4.69, 9.17) is 4.99 Å². The van der Waals surface area contributed by atoms with Crippen molar-refractivity contribution in [3.8, 4) is 0 Å². The van der Waals surface area contributed by atoms with Crippen molar-refractivity contribution in [2.24, 2.45) is 16.8 Å². The van der Waals surface area contributed by atoms with Gasteiger partial charge in [0.1, 0.15) is 0 Å². The molecule has 0 aromatic rings. The topological polar surface area (TPSA) is 24.4 Å². The standard InChI is InChI=1S/C15H26N2S/c1-11-6-5-7-13(12(11)2)16-14-17-15(10-18-14)8-3-4-9-15/h11-13H,3-10H2,1-2H3,(H,16,17). The van der Waals surface area contributed by atoms with Gasteiger partial charge in [0.2, 0.25) is 0 Å². The average molecular weight is 266 g/mol. The fourth-order valence-corrected chi connectivity index (χ4v) is 5.06. The smallest absolute Gasteiger partial charge is 0.157 e. The lowest BCUT2D eigenvalue weighted by atomic mass is 9.78. The molecule has 0 radical (unpaired) electrons. The maximum Gasteiger partial charge on any atom is 0.157 e. The Bertz CT molecular complexity index is 333. The van der Waals surface area contributed by atoms with Gasteiger partial charge in [0, 0.05) is 11.3 Å². The Morgan fingerprint density at radius 1 is 1.17 bits per heavy atom. The van der Waals surface area contributed by atoms with Crippen LogP contribution in [0.4, 0.5) is 0 Å². The van der Waals surface area contributed by atoms with E-state index in [0.717, 1.165) is 11.8 Å². The molecule has 2 nitrogen and oxygen atoms in total.